The molecule has 0 bridgehead atoms. The minimum atomic E-state index is -0.657. The normalized spacial score (nSPS) is 10.8. The summed E-state index contributed by atoms with van der Waals surface area (Å²) in [6.45, 7) is 0. The van der Waals surface area contributed by atoms with Gasteiger partial charge in [-0.05, 0) is 24.3 Å². The molecule has 0 aliphatic carbocycles. The van der Waals surface area contributed by atoms with Crippen LogP contribution in [-0.2, 0) is 0 Å². The van der Waals surface area contributed by atoms with Gasteiger partial charge in [-0.25, -0.2) is 4.68 Å². The fraction of sp³-hybridized carbons (Fsp3) is 0. The van der Waals surface area contributed by atoms with E-state index in [0.29, 0.717) is 0 Å². The summed E-state index contributed by atoms with van der Waals surface area (Å²) in [5.41, 5.74) is -1.14. The van der Waals surface area contributed by atoms with Crippen molar-refractivity contribution < 1.29 is 4.92 Å². The van der Waals surface area contributed by atoms with E-state index >= 15 is 0 Å². The molecule has 8 heteroatoms. The van der Waals surface area contributed by atoms with Crippen LogP contribution in [0, 0.1) is 10.1 Å². The number of H-pyrrole nitrogens is 1. The van der Waals surface area contributed by atoms with Crippen LogP contribution in [0.5, 0.6) is 0 Å². The molecule has 0 aliphatic rings. The van der Waals surface area contributed by atoms with Gasteiger partial charge in [-0.3, -0.25) is 24.8 Å². The standard InChI is InChI=1S/C14H8ClN3O4/c15-11-6-5-8(7-12(11)18(21)22)17-14(20)10-4-2-1-3-9(10)13(19)16-17/h1-7H,(H,16,19). The first kappa shape index (κ1) is 14.0. The SMILES string of the molecule is O=c1[nH]n(-c2ccc(Cl)c([N+](=O)[O-])c2)c(=O)c2ccccc12. The Bertz CT molecular complexity index is 1020. The van der Waals surface area contributed by atoms with Gasteiger partial charge in [-0.15, -0.1) is 0 Å². The van der Waals surface area contributed by atoms with Gasteiger partial charge < -0.3 is 0 Å². The number of benzene rings is 2. The molecule has 0 fully saturated rings. The molecule has 110 valence electrons. The maximum absolute atomic E-state index is 12.4. The maximum atomic E-state index is 12.4. The van der Waals surface area contributed by atoms with Crippen molar-refractivity contribution in [3.63, 3.8) is 0 Å². The minimum Gasteiger partial charge on any atom is -0.267 e. The molecule has 0 saturated heterocycles. The fourth-order valence-electron chi connectivity index (χ4n) is 2.16. The lowest BCUT2D eigenvalue weighted by Gasteiger charge is -2.07. The lowest BCUT2D eigenvalue weighted by Crippen LogP contribution is -2.28. The van der Waals surface area contributed by atoms with Crippen LogP contribution < -0.4 is 11.1 Å². The van der Waals surface area contributed by atoms with Crippen LogP contribution in [0.3, 0.4) is 0 Å². The summed E-state index contributed by atoms with van der Waals surface area (Å²) < 4.78 is 0.966. The van der Waals surface area contributed by atoms with Crippen molar-refractivity contribution in [3.8, 4) is 5.69 Å². The second kappa shape index (κ2) is 5.12. The molecular formula is C14H8ClN3O4. The van der Waals surface area contributed by atoms with Crippen LogP contribution in [-0.4, -0.2) is 14.7 Å². The fourth-order valence-corrected chi connectivity index (χ4v) is 2.35. The van der Waals surface area contributed by atoms with Gasteiger partial charge in [0.25, 0.3) is 16.8 Å². The van der Waals surface area contributed by atoms with Crippen LogP contribution in [0.15, 0.2) is 52.1 Å². The zero-order valence-electron chi connectivity index (χ0n) is 10.9. The summed E-state index contributed by atoms with van der Waals surface area (Å²) in [6.07, 6.45) is 0. The van der Waals surface area contributed by atoms with Crippen LogP contribution in [0.4, 0.5) is 5.69 Å². The number of hydrogen-bond donors (Lipinski definition) is 1. The summed E-state index contributed by atoms with van der Waals surface area (Å²) in [5.74, 6) is 0. The van der Waals surface area contributed by atoms with Gasteiger partial charge in [-0.2, -0.15) is 0 Å². The monoisotopic (exact) mass is 317 g/mol. The molecule has 0 saturated carbocycles. The second-order valence-corrected chi connectivity index (χ2v) is 4.93. The molecule has 0 spiro atoms. The van der Waals surface area contributed by atoms with Gasteiger partial charge in [0.1, 0.15) is 5.02 Å². The van der Waals surface area contributed by atoms with E-state index in [1.54, 1.807) is 12.1 Å². The third-order valence-corrected chi connectivity index (χ3v) is 3.52. The highest BCUT2D eigenvalue weighted by Gasteiger charge is 2.15. The van der Waals surface area contributed by atoms with E-state index in [1.807, 2.05) is 0 Å². The van der Waals surface area contributed by atoms with Crippen molar-refractivity contribution in [2.45, 2.75) is 0 Å². The highest BCUT2D eigenvalue weighted by molar-refractivity contribution is 6.32. The van der Waals surface area contributed by atoms with Crippen LogP contribution in [0.25, 0.3) is 16.5 Å². The molecule has 3 rings (SSSR count). The number of nitro groups is 1. The summed E-state index contributed by atoms with van der Waals surface area (Å²) >= 11 is 5.74. The molecule has 1 N–H and O–H groups in total. The van der Waals surface area contributed by atoms with E-state index in [2.05, 4.69) is 5.10 Å². The van der Waals surface area contributed by atoms with E-state index in [4.69, 9.17) is 11.6 Å². The molecule has 0 atom stereocenters. The number of nitrogens with zero attached hydrogens (tertiary/aromatic N) is 2. The number of aromatic amines is 1. The molecule has 0 radical (unpaired) electrons. The number of halogens is 1. The Morgan fingerprint density at radius 3 is 2.45 bits per heavy atom. The minimum absolute atomic E-state index is 0.0510. The Balaban J connectivity index is 2.34. The predicted molar refractivity (Wildman–Crippen MR) is 81.8 cm³/mol. The highest BCUT2D eigenvalue weighted by atomic mass is 35.5. The number of nitro benzene ring substituents is 1. The number of hydrogen-bond acceptors (Lipinski definition) is 4. The largest absolute Gasteiger partial charge is 0.290 e. The summed E-state index contributed by atoms with van der Waals surface area (Å²) in [7, 11) is 0. The summed E-state index contributed by atoms with van der Waals surface area (Å²) in [5, 5.41) is 13.8. The van der Waals surface area contributed by atoms with Gasteiger partial charge in [0.15, 0.2) is 0 Å². The Kier molecular flexibility index (Phi) is 3.26. The molecule has 22 heavy (non-hydrogen) atoms. The zero-order chi connectivity index (χ0) is 15.9. The number of rotatable bonds is 2. The van der Waals surface area contributed by atoms with Crippen molar-refractivity contribution in [1.29, 1.82) is 0 Å². The quantitative estimate of drug-likeness (QED) is 0.579. The summed E-state index contributed by atoms with van der Waals surface area (Å²) in [6, 6.07) is 10.2. The number of aromatic nitrogens is 2. The van der Waals surface area contributed by atoms with E-state index in [1.165, 1.54) is 24.3 Å². The van der Waals surface area contributed by atoms with Crippen molar-refractivity contribution in [3.05, 3.63) is 78.3 Å². The van der Waals surface area contributed by atoms with Crippen LogP contribution in [0.1, 0.15) is 0 Å². The zero-order valence-corrected chi connectivity index (χ0v) is 11.7. The van der Waals surface area contributed by atoms with Gasteiger partial charge in [-0.1, -0.05) is 23.7 Å². The Morgan fingerprint density at radius 2 is 1.77 bits per heavy atom. The first-order valence-corrected chi connectivity index (χ1v) is 6.55. The van der Waals surface area contributed by atoms with Gasteiger partial charge >= 0.3 is 0 Å². The van der Waals surface area contributed by atoms with Gasteiger partial charge in [0.2, 0.25) is 0 Å². The highest BCUT2D eigenvalue weighted by Crippen LogP contribution is 2.26. The van der Waals surface area contributed by atoms with Gasteiger partial charge in [0.05, 0.1) is 21.4 Å². The molecule has 1 aromatic heterocycles. The lowest BCUT2D eigenvalue weighted by molar-refractivity contribution is -0.384. The van der Waals surface area contributed by atoms with Crippen LogP contribution >= 0.6 is 11.6 Å². The molecule has 3 aromatic rings. The van der Waals surface area contributed by atoms with Crippen molar-refractivity contribution in [2.75, 3.05) is 0 Å². The third kappa shape index (κ3) is 2.17. The number of nitrogens with one attached hydrogen (secondary N) is 1. The van der Waals surface area contributed by atoms with Crippen molar-refractivity contribution >= 4 is 28.1 Å². The molecular weight excluding hydrogens is 310 g/mol. The Labute approximate surface area is 127 Å². The first-order chi connectivity index (χ1) is 10.5. The predicted octanol–water partition coefficient (Wildman–Crippen LogP) is 2.24. The molecule has 0 aliphatic heterocycles. The van der Waals surface area contributed by atoms with Crippen LogP contribution in [0.2, 0.25) is 5.02 Å². The topological polar surface area (TPSA) is 98.0 Å². The molecule has 0 amide bonds. The average Bonchev–Trinajstić information content (AvgIpc) is 2.51. The summed E-state index contributed by atoms with van der Waals surface area (Å²) in [4.78, 5) is 34.7. The molecule has 2 aromatic carbocycles. The average molecular weight is 318 g/mol. The third-order valence-electron chi connectivity index (χ3n) is 3.20. The molecule has 1 heterocycles. The maximum Gasteiger partial charge on any atom is 0.290 e. The van der Waals surface area contributed by atoms with E-state index in [-0.39, 0.29) is 27.2 Å². The molecule has 7 nitrogen and oxygen atoms in total. The van der Waals surface area contributed by atoms with Crippen molar-refractivity contribution in [1.82, 2.24) is 9.78 Å². The number of fused-ring (bicyclic) bond motifs is 1. The van der Waals surface area contributed by atoms with Gasteiger partial charge in [0, 0.05) is 6.07 Å². The van der Waals surface area contributed by atoms with Crippen molar-refractivity contribution in [2.24, 2.45) is 0 Å². The molecule has 0 unspecified atom stereocenters. The van der Waals surface area contributed by atoms with E-state index in [0.717, 1.165) is 10.7 Å². The lowest BCUT2D eigenvalue weighted by atomic mass is 10.2. The van der Waals surface area contributed by atoms with E-state index < -0.39 is 16.0 Å². The first-order valence-electron chi connectivity index (χ1n) is 6.17. The van der Waals surface area contributed by atoms with E-state index in [9.17, 15) is 19.7 Å². The second-order valence-electron chi connectivity index (χ2n) is 4.52. The smallest absolute Gasteiger partial charge is 0.267 e. The Morgan fingerprint density at radius 1 is 1.09 bits per heavy atom. The Hall–Kier alpha value is -2.93.